The molecule has 0 unspecified atom stereocenters. The highest BCUT2D eigenvalue weighted by Crippen LogP contribution is 2.53. The molecule has 0 spiro atoms. The lowest BCUT2D eigenvalue weighted by atomic mass is 10.2. The van der Waals surface area contributed by atoms with E-state index in [1.165, 1.54) is 0 Å². The Labute approximate surface area is 161 Å². The minimum absolute atomic E-state index is 0.0971. The molecule has 3 rings (SSSR count). The van der Waals surface area contributed by atoms with Crippen LogP contribution in [0.2, 0.25) is 0 Å². The second kappa shape index (κ2) is 7.39. The van der Waals surface area contributed by atoms with Crippen LogP contribution in [0.5, 0.6) is 0 Å². The predicted molar refractivity (Wildman–Crippen MR) is 106 cm³/mol. The van der Waals surface area contributed by atoms with Crippen molar-refractivity contribution >= 4 is 43.9 Å². The molecule has 3 nitrogen and oxygen atoms in total. The fourth-order valence-electron chi connectivity index (χ4n) is 2.46. The van der Waals surface area contributed by atoms with E-state index in [0.717, 1.165) is 11.1 Å². The highest BCUT2D eigenvalue weighted by Gasteiger charge is 2.51. The van der Waals surface area contributed by atoms with Crippen LogP contribution in [0.3, 0.4) is 0 Å². The molecule has 25 heavy (non-hydrogen) atoms. The molecular weight excluding hydrogens is 397 g/mol. The maximum atomic E-state index is 12.7. The molecule has 1 saturated carbocycles. The van der Waals surface area contributed by atoms with Crippen molar-refractivity contribution in [1.82, 2.24) is 0 Å². The van der Waals surface area contributed by atoms with Crippen molar-refractivity contribution in [1.29, 1.82) is 0 Å². The molecule has 0 heterocycles. The summed E-state index contributed by atoms with van der Waals surface area (Å²) in [6.45, 7) is 1.92. The van der Waals surface area contributed by atoms with Crippen molar-refractivity contribution in [3.63, 3.8) is 0 Å². The van der Waals surface area contributed by atoms with Crippen molar-refractivity contribution in [2.24, 2.45) is 9.69 Å². The van der Waals surface area contributed by atoms with E-state index in [2.05, 4.69) is 3.77 Å². The molecule has 2 aromatic carbocycles. The average molecular weight is 416 g/mol. The summed E-state index contributed by atoms with van der Waals surface area (Å²) in [4.78, 5) is 0.225. The summed E-state index contributed by atoms with van der Waals surface area (Å²) < 4.78 is 28.9. The Morgan fingerprint density at radius 3 is 2.28 bits per heavy atom. The Bertz CT molecular complexity index is 879. The number of sulfonamides is 1. The molecule has 134 valence electrons. The Morgan fingerprint density at radius 2 is 1.72 bits per heavy atom. The second-order valence-corrected chi connectivity index (χ2v) is 11.4. The first-order valence-corrected chi connectivity index (χ1v) is 11.6. The number of rotatable bonds is 6. The third-order valence-electron chi connectivity index (χ3n) is 4.05. The number of hydrogen-bond donors (Lipinski definition) is 0. The first-order valence-electron chi connectivity index (χ1n) is 7.90. The minimum Gasteiger partial charge on any atom is -0.199 e. The highest BCUT2D eigenvalue weighted by molar-refractivity contribution is 7.99. The minimum atomic E-state index is -3.70. The fraction of sp³-hybridized carbons (Fsp3) is 0.333. The highest BCUT2D eigenvalue weighted by atomic mass is 35.5. The van der Waals surface area contributed by atoms with Gasteiger partial charge in [-0.1, -0.05) is 58.7 Å². The monoisotopic (exact) mass is 415 g/mol. The Hall–Kier alpha value is -0.880. The number of nitrogens with zero attached hydrogens (tertiary/aromatic N) is 1. The van der Waals surface area contributed by atoms with E-state index in [1.54, 1.807) is 24.3 Å². The first kappa shape index (κ1) is 18.9. The Morgan fingerprint density at radius 1 is 1.12 bits per heavy atom. The summed E-state index contributed by atoms with van der Waals surface area (Å²) >= 11 is 12.3. The predicted octanol–water partition coefficient (Wildman–Crippen LogP) is 4.88. The smallest absolute Gasteiger partial charge is 0.199 e. The number of halogens is 2. The van der Waals surface area contributed by atoms with Crippen molar-refractivity contribution in [3.05, 3.63) is 65.7 Å². The molecule has 2 atom stereocenters. The van der Waals surface area contributed by atoms with Gasteiger partial charge in [0.25, 0.3) is 10.0 Å². The van der Waals surface area contributed by atoms with Crippen LogP contribution in [0.25, 0.3) is 0 Å². The number of aryl methyl sites for hydroxylation is 1. The van der Waals surface area contributed by atoms with E-state index in [-0.39, 0.29) is 10.8 Å². The van der Waals surface area contributed by atoms with Gasteiger partial charge >= 0.3 is 0 Å². The summed E-state index contributed by atoms with van der Waals surface area (Å²) in [5.74, 6) is 1.26. The first-order chi connectivity index (χ1) is 11.8. The largest absolute Gasteiger partial charge is 0.287 e. The topological polar surface area (TPSA) is 46.5 Å². The lowest BCUT2D eigenvalue weighted by molar-refractivity contribution is 0.598. The summed E-state index contributed by atoms with van der Waals surface area (Å²) in [7, 11) is -4.40. The van der Waals surface area contributed by atoms with Gasteiger partial charge in [0.2, 0.25) is 0 Å². The van der Waals surface area contributed by atoms with Gasteiger partial charge < -0.3 is 0 Å². The summed E-state index contributed by atoms with van der Waals surface area (Å²) in [6, 6.07) is 16.5. The third kappa shape index (κ3) is 5.07. The van der Waals surface area contributed by atoms with Gasteiger partial charge in [-0.2, -0.15) is 8.42 Å². The fourth-order valence-corrected chi connectivity index (χ4v) is 7.12. The quantitative estimate of drug-likeness (QED) is 0.630. The van der Waals surface area contributed by atoms with E-state index in [9.17, 15) is 8.42 Å². The van der Waals surface area contributed by atoms with Crippen molar-refractivity contribution in [3.8, 4) is 0 Å². The molecule has 0 amide bonds. The van der Waals surface area contributed by atoms with Gasteiger partial charge in [0.15, 0.2) is 0 Å². The zero-order chi connectivity index (χ0) is 18.1. The molecule has 0 N–H and O–H groups in total. The van der Waals surface area contributed by atoms with Crippen molar-refractivity contribution in [2.45, 2.75) is 28.3 Å². The van der Waals surface area contributed by atoms with Gasteiger partial charge in [0.1, 0.15) is 4.33 Å². The Kier molecular flexibility index (Phi) is 5.59. The van der Waals surface area contributed by atoms with Crippen LogP contribution in [0.1, 0.15) is 17.5 Å². The van der Waals surface area contributed by atoms with Crippen LogP contribution in [0.15, 0.2) is 63.3 Å². The molecule has 0 radical (unpaired) electrons. The maximum absolute atomic E-state index is 12.7. The SMILES string of the molecule is Cc1ccc(S(=O)(=O)N=[S@@](Cc2ccccc2)C[C@H]2CC2(Cl)Cl)cc1. The van der Waals surface area contributed by atoms with Crippen LogP contribution in [0, 0.1) is 12.8 Å². The molecule has 1 fully saturated rings. The molecule has 2 aromatic rings. The molecule has 1 aliphatic carbocycles. The molecule has 0 bridgehead atoms. The molecular formula is C18H19Cl2NO2S2. The van der Waals surface area contributed by atoms with Gasteiger partial charge in [-0.15, -0.1) is 27.0 Å². The summed E-state index contributed by atoms with van der Waals surface area (Å²) in [5, 5.41) is 0. The van der Waals surface area contributed by atoms with Crippen LogP contribution < -0.4 is 0 Å². The van der Waals surface area contributed by atoms with Gasteiger partial charge in [0.05, 0.1) is 4.90 Å². The number of alkyl halides is 2. The third-order valence-corrected chi connectivity index (χ3v) is 8.92. The molecule has 0 aliphatic heterocycles. The number of benzene rings is 2. The lowest BCUT2D eigenvalue weighted by Gasteiger charge is -2.09. The van der Waals surface area contributed by atoms with Gasteiger partial charge in [-0.25, -0.2) is 0 Å². The summed E-state index contributed by atoms with van der Waals surface area (Å²) in [5.41, 5.74) is 2.07. The van der Waals surface area contributed by atoms with Gasteiger partial charge in [0, 0.05) is 17.4 Å². The second-order valence-electron chi connectivity index (χ2n) is 6.28. The van der Waals surface area contributed by atoms with Crippen molar-refractivity contribution < 1.29 is 8.42 Å². The van der Waals surface area contributed by atoms with E-state index in [0.29, 0.717) is 17.9 Å². The maximum Gasteiger partial charge on any atom is 0.287 e. The van der Waals surface area contributed by atoms with E-state index < -0.39 is 25.0 Å². The van der Waals surface area contributed by atoms with Crippen LogP contribution in [-0.4, -0.2) is 18.5 Å². The number of hydrogen-bond acceptors (Lipinski definition) is 2. The van der Waals surface area contributed by atoms with Crippen LogP contribution in [-0.2, 0) is 26.5 Å². The molecule has 0 aromatic heterocycles. The van der Waals surface area contributed by atoms with E-state index in [4.69, 9.17) is 23.2 Å². The summed E-state index contributed by atoms with van der Waals surface area (Å²) in [6.07, 6.45) is 0.689. The van der Waals surface area contributed by atoms with Gasteiger partial charge in [-0.3, -0.25) is 0 Å². The van der Waals surface area contributed by atoms with Crippen LogP contribution in [0.4, 0.5) is 0 Å². The molecule has 7 heteroatoms. The Balaban J connectivity index is 1.89. The van der Waals surface area contributed by atoms with E-state index in [1.807, 2.05) is 37.3 Å². The van der Waals surface area contributed by atoms with Crippen LogP contribution >= 0.6 is 23.2 Å². The van der Waals surface area contributed by atoms with E-state index >= 15 is 0 Å². The zero-order valence-corrected chi connectivity index (χ0v) is 16.9. The average Bonchev–Trinajstić information content (AvgIpc) is 3.14. The van der Waals surface area contributed by atoms with Gasteiger partial charge in [-0.05, 0) is 31.0 Å². The molecule has 1 aliphatic rings. The molecule has 0 saturated heterocycles. The lowest BCUT2D eigenvalue weighted by Crippen LogP contribution is -2.09. The standard InChI is InChI=1S/C18H19Cl2NO2S2/c1-14-7-9-17(10-8-14)25(22,23)21-24(13-16-11-18(16,19)20)12-15-5-3-2-4-6-15/h2-10,16H,11-13H2,1H3/t16-,24+/m1/s1. The zero-order valence-electron chi connectivity index (χ0n) is 13.7. The normalized spacial score (nSPS) is 20.4. The van der Waals surface area contributed by atoms with Crippen molar-refractivity contribution in [2.75, 3.05) is 5.75 Å².